The quantitative estimate of drug-likeness (QED) is 0.774. The van der Waals surface area contributed by atoms with E-state index in [-0.39, 0.29) is 11.9 Å². The summed E-state index contributed by atoms with van der Waals surface area (Å²) in [5.74, 6) is 0.0485. The van der Waals surface area contributed by atoms with Crippen LogP contribution in [0.3, 0.4) is 0 Å². The molecular weight excluding hydrogens is 216 g/mol. The Morgan fingerprint density at radius 2 is 2.00 bits per heavy atom. The van der Waals surface area contributed by atoms with Crippen LogP contribution in [0.5, 0.6) is 0 Å². The number of nitrogens with zero attached hydrogens (tertiary/aromatic N) is 3. The molecule has 1 fully saturated rings. The number of nitrogens with two attached hydrogens (primary N) is 1. The predicted molar refractivity (Wildman–Crippen MR) is 64.6 cm³/mol. The van der Waals surface area contributed by atoms with Gasteiger partial charge >= 0.3 is 0 Å². The molecule has 1 aromatic heterocycles. The molecule has 0 spiro atoms. The topological polar surface area (TPSA) is 72.1 Å². The number of likely N-dealkylation sites (tertiary alicyclic amines) is 1. The maximum absolute atomic E-state index is 12.3. The molecule has 92 valence electrons. The van der Waals surface area contributed by atoms with Crippen molar-refractivity contribution in [2.45, 2.75) is 32.7 Å². The predicted octanol–water partition coefficient (Wildman–Crippen LogP) is 0.657. The first kappa shape index (κ1) is 12.0. The van der Waals surface area contributed by atoms with Crippen LogP contribution in [-0.2, 0) is 0 Å². The number of hydrogen-bond acceptors (Lipinski definition) is 4. The highest BCUT2D eigenvalue weighted by molar-refractivity contribution is 5.95. The summed E-state index contributed by atoms with van der Waals surface area (Å²) >= 11 is 0. The normalized spacial score (nSPS) is 17.2. The second kappa shape index (κ2) is 4.79. The zero-order chi connectivity index (χ0) is 12.4. The largest absolute Gasteiger partial charge is 0.338 e. The van der Waals surface area contributed by atoms with Crippen LogP contribution in [0.25, 0.3) is 0 Å². The molecule has 17 heavy (non-hydrogen) atoms. The summed E-state index contributed by atoms with van der Waals surface area (Å²) in [7, 11) is 0. The molecule has 0 aliphatic carbocycles. The van der Waals surface area contributed by atoms with E-state index in [0.717, 1.165) is 31.6 Å². The van der Waals surface area contributed by atoms with Crippen molar-refractivity contribution in [3.63, 3.8) is 0 Å². The van der Waals surface area contributed by atoms with Gasteiger partial charge in [-0.15, -0.1) is 0 Å². The lowest BCUT2D eigenvalue weighted by atomic mass is 10.0. The Hall–Kier alpha value is -1.49. The fourth-order valence-corrected chi connectivity index (χ4v) is 2.04. The summed E-state index contributed by atoms with van der Waals surface area (Å²) in [4.78, 5) is 14.2. The number of aromatic nitrogens is 2. The highest BCUT2D eigenvalue weighted by Gasteiger charge is 2.23. The molecule has 0 atom stereocenters. The summed E-state index contributed by atoms with van der Waals surface area (Å²) in [6, 6.07) is 2.04. The van der Waals surface area contributed by atoms with Gasteiger partial charge in [-0.1, -0.05) is 0 Å². The Bertz CT molecular complexity index is 425. The van der Waals surface area contributed by atoms with Crippen molar-refractivity contribution in [3.05, 3.63) is 23.0 Å². The molecule has 1 amide bonds. The molecule has 0 saturated carbocycles. The molecular formula is C12H18N4O. The number of aryl methyl sites for hydroxylation is 2. The Labute approximate surface area is 101 Å². The van der Waals surface area contributed by atoms with Crippen LogP contribution in [0.2, 0.25) is 0 Å². The number of amides is 1. The lowest BCUT2D eigenvalue weighted by Gasteiger charge is -2.30. The van der Waals surface area contributed by atoms with E-state index in [2.05, 4.69) is 10.2 Å². The van der Waals surface area contributed by atoms with E-state index in [0.29, 0.717) is 11.3 Å². The van der Waals surface area contributed by atoms with E-state index >= 15 is 0 Å². The lowest BCUT2D eigenvalue weighted by molar-refractivity contribution is 0.0713. The van der Waals surface area contributed by atoms with E-state index in [1.807, 2.05) is 18.7 Å². The van der Waals surface area contributed by atoms with Crippen LogP contribution in [-0.4, -0.2) is 40.1 Å². The van der Waals surface area contributed by atoms with Crippen LogP contribution in [0.15, 0.2) is 6.07 Å². The highest BCUT2D eigenvalue weighted by atomic mass is 16.2. The van der Waals surface area contributed by atoms with Crippen LogP contribution in [0.1, 0.15) is 34.6 Å². The SMILES string of the molecule is Cc1cc(C(=O)N2CCC(N)CC2)c(C)nn1. The number of rotatable bonds is 1. The number of carbonyl (C=O) groups is 1. The second-order valence-corrected chi connectivity index (χ2v) is 4.61. The molecule has 2 heterocycles. The third kappa shape index (κ3) is 2.61. The van der Waals surface area contributed by atoms with E-state index in [1.54, 1.807) is 6.07 Å². The standard InChI is InChI=1S/C12H18N4O/c1-8-7-11(9(2)15-14-8)12(17)16-5-3-10(13)4-6-16/h7,10H,3-6,13H2,1-2H3. The average molecular weight is 234 g/mol. The minimum Gasteiger partial charge on any atom is -0.338 e. The van der Waals surface area contributed by atoms with Crippen LogP contribution >= 0.6 is 0 Å². The van der Waals surface area contributed by atoms with Crippen molar-refractivity contribution >= 4 is 5.91 Å². The van der Waals surface area contributed by atoms with E-state index in [1.165, 1.54) is 0 Å². The third-order valence-corrected chi connectivity index (χ3v) is 3.16. The van der Waals surface area contributed by atoms with Crippen molar-refractivity contribution in [3.8, 4) is 0 Å². The molecule has 1 saturated heterocycles. The Morgan fingerprint density at radius 1 is 1.35 bits per heavy atom. The van der Waals surface area contributed by atoms with Gasteiger partial charge in [0, 0.05) is 19.1 Å². The zero-order valence-corrected chi connectivity index (χ0v) is 10.3. The number of hydrogen-bond donors (Lipinski definition) is 1. The molecule has 5 nitrogen and oxygen atoms in total. The first-order chi connectivity index (χ1) is 8.08. The maximum Gasteiger partial charge on any atom is 0.255 e. The summed E-state index contributed by atoms with van der Waals surface area (Å²) in [5, 5.41) is 7.93. The first-order valence-electron chi connectivity index (χ1n) is 5.93. The number of piperidine rings is 1. The van der Waals surface area contributed by atoms with Gasteiger partial charge in [0.05, 0.1) is 17.0 Å². The molecule has 0 unspecified atom stereocenters. The molecule has 1 aliphatic rings. The zero-order valence-electron chi connectivity index (χ0n) is 10.3. The molecule has 1 aromatic rings. The second-order valence-electron chi connectivity index (χ2n) is 4.61. The molecule has 0 bridgehead atoms. The molecule has 2 N–H and O–H groups in total. The van der Waals surface area contributed by atoms with Gasteiger partial charge in [-0.05, 0) is 32.8 Å². The van der Waals surface area contributed by atoms with Crippen molar-refractivity contribution in [2.75, 3.05) is 13.1 Å². The van der Waals surface area contributed by atoms with Gasteiger partial charge in [0.2, 0.25) is 0 Å². The molecule has 0 radical (unpaired) electrons. The first-order valence-corrected chi connectivity index (χ1v) is 5.93. The maximum atomic E-state index is 12.3. The third-order valence-electron chi connectivity index (χ3n) is 3.16. The summed E-state index contributed by atoms with van der Waals surface area (Å²) in [5.41, 5.74) is 7.95. The van der Waals surface area contributed by atoms with Crippen LogP contribution < -0.4 is 5.73 Å². The van der Waals surface area contributed by atoms with Gasteiger partial charge in [0.1, 0.15) is 0 Å². The monoisotopic (exact) mass is 234 g/mol. The van der Waals surface area contributed by atoms with Crippen LogP contribution in [0.4, 0.5) is 0 Å². The Morgan fingerprint density at radius 3 is 2.65 bits per heavy atom. The molecule has 5 heteroatoms. The van der Waals surface area contributed by atoms with Gasteiger partial charge in [0.25, 0.3) is 5.91 Å². The average Bonchev–Trinajstić information content (AvgIpc) is 2.32. The fraction of sp³-hybridized carbons (Fsp3) is 0.583. The Balaban J connectivity index is 2.16. The summed E-state index contributed by atoms with van der Waals surface area (Å²) in [6.45, 7) is 5.13. The number of carbonyl (C=O) groups excluding carboxylic acids is 1. The Kier molecular flexibility index (Phi) is 3.38. The van der Waals surface area contributed by atoms with Gasteiger partial charge < -0.3 is 10.6 Å². The smallest absolute Gasteiger partial charge is 0.255 e. The van der Waals surface area contributed by atoms with Crippen molar-refractivity contribution in [1.29, 1.82) is 0 Å². The molecule has 2 rings (SSSR count). The van der Waals surface area contributed by atoms with Gasteiger partial charge in [-0.3, -0.25) is 4.79 Å². The van der Waals surface area contributed by atoms with Gasteiger partial charge in [-0.2, -0.15) is 10.2 Å². The van der Waals surface area contributed by atoms with Gasteiger partial charge in [0.15, 0.2) is 0 Å². The lowest BCUT2D eigenvalue weighted by Crippen LogP contribution is -2.43. The van der Waals surface area contributed by atoms with Crippen molar-refractivity contribution < 1.29 is 4.79 Å². The van der Waals surface area contributed by atoms with E-state index in [9.17, 15) is 4.79 Å². The highest BCUT2D eigenvalue weighted by Crippen LogP contribution is 2.14. The van der Waals surface area contributed by atoms with E-state index < -0.39 is 0 Å². The van der Waals surface area contributed by atoms with Crippen molar-refractivity contribution in [1.82, 2.24) is 15.1 Å². The van der Waals surface area contributed by atoms with E-state index in [4.69, 9.17) is 5.73 Å². The van der Waals surface area contributed by atoms with Gasteiger partial charge in [-0.25, -0.2) is 0 Å². The summed E-state index contributed by atoms with van der Waals surface area (Å²) < 4.78 is 0. The summed E-state index contributed by atoms with van der Waals surface area (Å²) in [6.07, 6.45) is 1.75. The fourth-order valence-electron chi connectivity index (χ4n) is 2.04. The molecule has 1 aliphatic heterocycles. The van der Waals surface area contributed by atoms with Crippen molar-refractivity contribution in [2.24, 2.45) is 5.73 Å². The minimum absolute atomic E-state index is 0.0485. The van der Waals surface area contributed by atoms with Crippen LogP contribution in [0, 0.1) is 13.8 Å². The molecule has 0 aromatic carbocycles. The minimum atomic E-state index is 0.0485.